The summed E-state index contributed by atoms with van der Waals surface area (Å²) in [6.07, 6.45) is 1.96. The Morgan fingerprint density at radius 3 is 2.57 bits per heavy atom. The van der Waals surface area contributed by atoms with Gasteiger partial charge in [0.25, 0.3) is 0 Å². The molecule has 1 amide bonds. The number of aliphatic hydroxyl groups excluding tert-OH is 1. The number of amides is 1. The highest BCUT2D eigenvalue weighted by Crippen LogP contribution is 2.12. The second kappa shape index (κ2) is 8.72. The van der Waals surface area contributed by atoms with Crippen LogP contribution in [0.4, 0.5) is 8.78 Å². The van der Waals surface area contributed by atoms with Crippen molar-refractivity contribution in [3.8, 4) is 0 Å². The second-order valence-electron chi connectivity index (χ2n) is 5.53. The summed E-state index contributed by atoms with van der Waals surface area (Å²) in [7, 11) is 0. The summed E-state index contributed by atoms with van der Waals surface area (Å²) in [5.41, 5.74) is 0.678. The van der Waals surface area contributed by atoms with Gasteiger partial charge in [-0.2, -0.15) is 0 Å². The van der Waals surface area contributed by atoms with Crippen molar-refractivity contribution < 1.29 is 18.7 Å². The summed E-state index contributed by atoms with van der Waals surface area (Å²) < 4.78 is 25.8. The van der Waals surface area contributed by atoms with Crippen LogP contribution in [-0.4, -0.2) is 23.7 Å². The van der Waals surface area contributed by atoms with Gasteiger partial charge in [-0.05, 0) is 42.9 Å². The Hall–Kier alpha value is -1.49. The Morgan fingerprint density at radius 1 is 1.29 bits per heavy atom. The largest absolute Gasteiger partial charge is 0.396 e. The topological polar surface area (TPSA) is 49.3 Å². The number of halogens is 2. The molecule has 0 saturated carbocycles. The summed E-state index contributed by atoms with van der Waals surface area (Å²) in [5, 5.41) is 11.8. The number of hydrogen-bond acceptors (Lipinski definition) is 2. The smallest absolute Gasteiger partial charge is 0.220 e. The monoisotopic (exact) mass is 299 g/mol. The number of carbonyl (C=O) groups excluding carboxylic acids is 1. The first-order valence-electron chi connectivity index (χ1n) is 7.28. The summed E-state index contributed by atoms with van der Waals surface area (Å²) >= 11 is 0. The number of hydrogen-bond donors (Lipinski definition) is 2. The predicted octanol–water partition coefficient (Wildman–Crippen LogP) is 2.81. The van der Waals surface area contributed by atoms with Gasteiger partial charge in [-0.1, -0.05) is 19.9 Å². The predicted molar refractivity (Wildman–Crippen MR) is 77.8 cm³/mol. The van der Waals surface area contributed by atoms with Crippen LogP contribution in [0.5, 0.6) is 0 Å². The van der Waals surface area contributed by atoms with Crippen LogP contribution in [0.1, 0.15) is 38.7 Å². The van der Waals surface area contributed by atoms with Gasteiger partial charge in [-0.25, -0.2) is 8.78 Å². The van der Waals surface area contributed by atoms with Crippen molar-refractivity contribution >= 4 is 5.91 Å². The molecule has 0 saturated heterocycles. The van der Waals surface area contributed by atoms with Gasteiger partial charge in [0.15, 0.2) is 11.6 Å². The fourth-order valence-electron chi connectivity index (χ4n) is 2.14. The van der Waals surface area contributed by atoms with Gasteiger partial charge < -0.3 is 10.4 Å². The minimum absolute atomic E-state index is 0.0363. The van der Waals surface area contributed by atoms with Gasteiger partial charge in [0.05, 0.1) is 0 Å². The molecule has 3 nitrogen and oxygen atoms in total. The maximum atomic E-state index is 13.0. The van der Waals surface area contributed by atoms with E-state index in [0.29, 0.717) is 31.2 Å². The van der Waals surface area contributed by atoms with Gasteiger partial charge in [-0.15, -0.1) is 0 Å². The molecule has 0 aliphatic rings. The highest BCUT2D eigenvalue weighted by atomic mass is 19.2. The Balaban J connectivity index is 2.37. The van der Waals surface area contributed by atoms with Crippen LogP contribution in [-0.2, 0) is 11.2 Å². The third-order valence-corrected chi connectivity index (χ3v) is 3.44. The summed E-state index contributed by atoms with van der Waals surface area (Å²) in [6, 6.07) is 3.75. The molecule has 1 rings (SSSR count). The van der Waals surface area contributed by atoms with E-state index in [4.69, 9.17) is 5.11 Å². The normalized spacial score (nSPS) is 12.5. The summed E-state index contributed by atoms with van der Waals surface area (Å²) in [6.45, 7) is 4.02. The molecule has 21 heavy (non-hydrogen) atoms. The molecule has 0 bridgehead atoms. The Kier molecular flexibility index (Phi) is 7.29. The van der Waals surface area contributed by atoms with E-state index < -0.39 is 11.6 Å². The Bertz CT molecular complexity index is 464. The van der Waals surface area contributed by atoms with Crippen LogP contribution in [0.15, 0.2) is 18.2 Å². The molecule has 0 aliphatic carbocycles. The molecule has 2 N–H and O–H groups in total. The SMILES string of the molecule is CC(C)C(CCO)NC(=O)CCCc1ccc(F)c(F)c1. The van der Waals surface area contributed by atoms with Crippen molar-refractivity contribution in [2.45, 2.75) is 45.6 Å². The number of rotatable bonds is 8. The van der Waals surface area contributed by atoms with Gasteiger partial charge in [0.1, 0.15) is 0 Å². The third-order valence-electron chi connectivity index (χ3n) is 3.44. The minimum atomic E-state index is -0.861. The minimum Gasteiger partial charge on any atom is -0.396 e. The zero-order valence-corrected chi connectivity index (χ0v) is 12.5. The number of benzene rings is 1. The van der Waals surface area contributed by atoms with E-state index in [1.54, 1.807) is 0 Å². The lowest BCUT2D eigenvalue weighted by Gasteiger charge is -2.21. The Labute approximate surface area is 124 Å². The molecule has 0 aliphatic heterocycles. The molecule has 1 aromatic carbocycles. The van der Waals surface area contributed by atoms with E-state index in [1.807, 2.05) is 13.8 Å². The van der Waals surface area contributed by atoms with Crippen molar-refractivity contribution in [3.63, 3.8) is 0 Å². The Morgan fingerprint density at radius 2 is 2.00 bits per heavy atom. The maximum absolute atomic E-state index is 13.0. The van der Waals surface area contributed by atoms with Crippen molar-refractivity contribution in [1.29, 1.82) is 0 Å². The first-order valence-corrected chi connectivity index (χ1v) is 7.28. The number of aliphatic hydroxyl groups is 1. The fraction of sp³-hybridized carbons (Fsp3) is 0.562. The molecule has 1 aromatic rings. The highest BCUT2D eigenvalue weighted by molar-refractivity contribution is 5.76. The molecular weight excluding hydrogens is 276 g/mol. The van der Waals surface area contributed by atoms with E-state index in [0.717, 1.165) is 12.1 Å². The average molecular weight is 299 g/mol. The van der Waals surface area contributed by atoms with E-state index in [1.165, 1.54) is 6.07 Å². The molecule has 0 spiro atoms. The van der Waals surface area contributed by atoms with Crippen LogP contribution in [0.3, 0.4) is 0 Å². The lowest BCUT2D eigenvalue weighted by atomic mass is 10.0. The molecule has 0 aromatic heterocycles. The molecule has 5 heteroatoms. The fourth-order valence-corrected chi connectivity index (χ4v) is 2.14. The van der Waals surface area contributed by atoms with Crippen molar-refractivity contribution in [3.05, 3.63) is 35.4 Å². The van der Waals surface area contributed by atoms with E-state index in [9.17, 15) is 13.6 Å². The van der Waals surface area contributed by atoms with Crippen molar-refractivity contribution in [2.24, 2.45) is 5.92 Å². The van der Waals surface area contributed by atoms with Gasteiger partial charge in [0, 0.05) is 19.1 Å². The summed E-state index contributed by atoms with van der Waals surface area (Å²) in [5.74, 6) is -1.54. The lowest BCUT2D eigenvalue weighted by molar-refractivity contribution is -0.122. The zero-order valence-electron chi connectivity index (χ0n) is 12.5. The number of carbonyl (C=O) groups is 1. The van der Waals surface area contributed by atoms with Crippen LogP contribution < -0.4 is 5.32 Å². The average Bonchev–Trinajstić information content (AvgIpc) is 2.42. The van der Waals surface area contributed by atoms with Crippen LogP contribution >= 0.6 is 0 Å². The molecule has 0 heterocycles. The lowest BCUT2D eigenvalue weighted by Crippen LogP contribution is -2.39. The van der Waals surface area contributed by atoms with Crippen LogP contribution in [0.2, 0.25) is 0 Å². The van der Waals surface area contributed by atoms with Crippen LogP contribution in [0, 0.1) is 17.6 Å². The van der Waals surface area contributed by atoms with Crippen molar-refractivity contribution in [2.75, 3.05) is 6.61 Å². The van der Waals surface area contributed by atoms with Gasteiger partial charge in [-0.3, -0.25) is 4.79 Å². The van der Waals surface area contributed by atoms with Crippen molar-refractivity contribution in [1.82, 2.24) is 5.32 Å². The molecule has 0 radical (unpaired) electrons. The molecular formula is C16H23F2NO2. The highest BCUT2D eigenvalue weighted by Gasteiger charge is 2.15. The maximum Gasteiger partial charge on any atom is 0.220 e. The number of nitrogens with one attached hydrogen (secondary N) is 1. The van der Waals surface area contributed by atoms with Crippen LogP contribution in [0.25, 0.3) is 0 Å². The number of aryl methyl sites for hydroxylation is 1. The zero-order chi connectivity index (χ0) is 15.8. The second-order valence-corrected chi connectivity index (χ2v) is 5.53. The molecule has 118 valence electrons. The van der Waals surface area contributed by atoms with Gasteiger partial charge in [0.2, 0.25) is 5.91 Å². The third kappa shape index (κ3) is 6.21. The standard InChI is InChI=1S/C16H23F2NO2/c1-11(2)15(8-9-20)19-16(21)5-3-4-12-6-7-13(17)14(18)10-12/h6-7,10-11,15,20H,3-5,8-9H2,1-2H3,(H,19,21). The molecule has 0 fully saturated rings. The summed E-state index contributed by atoms with van der Waals surface area (Å²) in [4.78, 5) is 11.8. The molecule has 1 atom stereocenters. The van der Waals surface area contributed by atoms with E-state index in [2.05, 4.69) is 5.32 Å². The van der Waals surface area contributed by atoms with Gasteiger partial charge >= 0.3 is 0 Å². The first kappa shape index (κ1) is 17.6. The molecule has 1 unspecified atom stereocenters. The quantitative estimate of drug-likeness (QED) is 0.775. The van der Waals surface area contributed by atoms with E-state index in [-0.39, 0.29) is 24.5 Å². The van der Waals surface area contributed by atoms with E-state index >= 15 is 0 Å². The first-order chi connectivity index (χ1) is 9.93.